The maximum Gasteiger partial charge on any atom is 0.254 e. The largest absolute Gasteiger partial charge is 0.337 e. The number of nitrogens with zero attached hydrogens (tertiary/aromatic N) is 1. The molecule has 2 rings (SSSR count). The van der Waals surface area contributed by atoms with Crippen LogP contribution in [-0.2, 0) is 0 Å². The van der Waals surface area contributed by atoms with E-state index in [0.717, 1.165) is 18.4 Å². The number of rotatable bonds is 1. The molecule has 17 heavy (non-hydrogen) atoms. The fourth-order valence-electron chi connectivity index (χ4n) is 2.19. The van der Waals surface area contributed by atoms with E-state index in [1.807, 2.05) is 6.92 Å². The second kappa shape index (κ2) is 4.84. The van der Waals surface area contributed by atoms with Crippen LogP contribution < -0.4 is 5.73 Å². The van der Waals surface area contributed by atoms with Gasteiger partial charge in [-0.05, 0) is 37.5 Å². The summed E-state index contributed by atoms with van der Waals surface area (Å²) in [6.45, 7) is 3.09. The molecule has 0 aromatic heterocycles. The van der Waals surface area contributed by atoms with E-state index in [0.29, 0.717) is 18.7 Å². The molecular formula is C13H17FN2O. The first-order chi connectivity index (χ1) is 8.08. The van der Waals surface area contributed by atoms with Gasteiger partial charge in [0.15, 0.2) is 0 Å². The predicted octanol–water partition coefficient (Wildman–Crippen LogP) is 1.70. The van der Waals surface area contributed by atoms with Crippen LogP contribution in [0.25, 0.3) is 0 Å². The molecule has 1 aliphatic rings. The molecule has 0 spiro atoms. The molecular weight excluding hydrogens is 219 g/mol. The van der Waals surface area contributed by atoms with Crippen molar-refractivity contribution >= 4 is 5.91 Å². The van der Waals surface area contributed by atoms with Crippen LogP contribution in [0.1, 0.15) is 28.8 Å². The average Bonchev–Trinajstić information content (AvgIpc) is 2.31. The number of piperidine rings is 1. The molecule has 0 bridgehead atoms. The summed E-state index contributed by atoms with van der Waals surface area (Å²) in [4.78, 5) is 13.9. The van der Waals surface area contributed by atoms with Crippen molar-refractivity contribution in [2.75, 3.05) is 13.1 Å². The number of hydrogen-bond donors (Lipinski definition) is 1. The highest BCUT2D eigenvalue weighted by atomic mass is 19.1. The first-order valence-electron chi connectivity index (χ1n) is 5.89. The molecule has 3 nitrogen and oxygen atoms in total. The quantitative estimate of drug-likeness (QED) is 0.806. The smallest absolute Gasteiger partial charge is 0.254 e. The van der Waals surface area contributed by atoms with Gasteiger partial charge in [-0.15, -0.1) is 0 Å². The monoisotopic (exact) mass is 236 g/mol. The normalized spacial score (nSPS) is 20.4. The second-order valence-corrected chi connectivity index (χ2v) is 4.61. The minimum Gasteiger partial charge on any atom is -0.337 e. The molecule has 0 aliphatic carbocycles. The topological polar surface area (TPSA) is 46.3 Å². The van der Waals surface area contributed by atoms with E-state index in [1.54, 1.807) is 11.0 Å². The molecule has 1 heterocycles. The van der Waals surface area contributed by atoms with Crippen LogP contribution in [0.5, 0.6) is 0 Å². The number of hydrogen-bond acceptors (Lipinski definition) is 2. The lowest BCUT2D eigenvalue weighted by Crippen LogP contribution is -2.45. The van der Waals surface area contributed by atoms with E-state index < -0.39 is 0 Å². The summed E-state index contributed by atoms with van der Waals surface area (Å²) < 4.78 is 13.2. The Labute approximate surface area is 100 Å². The SMILES string of the molecule is Cc1ccc(F)cc1C(=O)N1CCC[C@H](N)C1. The fraction of sp³-hybridized carbons (Fsp3) is 0.462. The van der Waals surface area contributed by atoms with Crippen LogP contribution in [0.4, 0.5) is 4.39 Å². The van der Waals surface area contributed by atoms with E-state index in [2.05, 4.69) is 0 Å². The summed E-state index contributed by atoms with van der Waals surface area (Å²) in [5.74, 6) is -0.489. The molecule has 1 aromatic rings. The number of nitrogens with two attached hydrogens (primary N) is 1. The number of aryl methyl sites for hydroxylation is 1. The molecule has 1 aromatic carbocycles. The van der Waals surface area contributed by atoms with Gasteiger partial charge < -0.3 is 10.6 Å². The minimum atomic E-state index is -0.375. The minimum absolute atomic E-state index is 0.0431. The Morgan fingerprint density at radius 2 is 2.29 bits per heavy atom. The number of benzene rings is 1. The van der Waals surface area contributed by atoms with E-state index in [9.17, 15) is 9.18 Å². The first kappa shape index (κ1) is 12.0. The summed E-state index contributed by atoms with van der Waals surface area (Å²) in [6.07, 6.45) is 1.87. The van der Waals surface area contributed by atoms with Crippen LogP contribution in [0, 0.1) is 12.7 Å². The number of likely N-dealkylation sites (tertiary alicyclic amines) is 1. The number of carbonyl (C=O) groups is 1. The van der Waals surface area contributed by atoms with Crippen molar-refractivity contribution in [1.82, 2.24) is 4.90 Å². The molecule has 1 atom stereocenters. The van der Waals surface area contributed by atoms with Gasteiger partial charge in [0, 0.05) is 24.7 Å². The Morgan fingerprint density at radius 3 is 3.00 bits per heavy atom. The highest BCUT2D eigenvalue weighted by Crippen LogP contribution is 2.16. The zero-order valence-corrected chi connectivity index (χ0v) is 9.95. The van der Waals surface area contributed by atoms with Crippen LogP contribution >= 0.6 is 0 Å². The highest BCUT2D eigenvalue weighted by Gasteiger charge is 2.23. The van der Waals surface area contributed by atoms with Crippen LogP contribution in [0.3, 0.4) is 0 Å². The van der Waals surface area contributed by atoms with Crippen molar-refractivity contribution in [1.29, 1.82) is 0 Å². The number of halogens is 1. The third-order valence-corrected chi connectivity index (χ3v) is 3.18. The van der Waals surface area contributed by atoms with Crippen LogP contribution in [0.2, 0.25) is 0 Å². The number of amides is 1. The summed E-state index contributed by atoms with van der Waals surface area (Å²) in [5.41, 5.74) is 7.09. The van der Waals surface area contributed by atoms with Crippen molar-refractivity contribution < 1.29 is 9.18 Å². The first-order valence-corrected chi connectivity index (χ1v) is 5.89. The maximum atomic E-state index is 13.2. The molecule has 4 heteroatoms. The van der Waals surface area contributed by atoms with E-state index in [4.69, 9.17) is 5.73 Å². The summed E-state index contributed by atoms with van der Waals surface area (Å²) in [7, 11) is 0. The van der Waals surface area contributed by atoms with E-state index in [1.165, 1.54) is 12.1 Å². The Morgan fingerprint density at radius 1 is 1.53 bits per heavy atom. The van der Waals surface area contributed by atoms with Crippen molar-refractivity contribution in [2.24, 2.45) is 5.73 Å². The van der Waals surface area contributed by atoms with E-state index >= 15 is 0 Å². The lowest BCUT2D eigenvalue weighted by molar-refractivity contribution is 0.0707. The highest BCUT2D eigenvalue weighted by molar-refractivity contribution is 5.95. The fourth-order valence-corrected chi connectivity index (χ4v) is 2.19. The zero-order valence-electron chi connectivity index (χ0n) is 9.95. The Kier molecular flexibility index (Phi) is 3.43. The lowest BCUT2D eigenvalue weighted by Gasteiger charge is -2.31. The molecule has 1 amide bonds. The third kappa shape index (κ3) is 2.64. The van der Waals surface area contributed by atoms with Crippen molar-refractivity contribution in [3.63, 3.8) is 0 Å². The molecule has 0 saturated carbocycles. The Bertz CT molecular complexity index is 433. The second-order valence-electron chi connectivity index (χ2n) is 4.61. The third-order valence-electron chi connectivity index (χ3n) is 3.18. The van der Waals surface area contributed by atoms with Crippen LogP contribution in [-0.4, -0.2) is 29.9 Å². The van der Waals surface area contributed by atoms with Gasteiger partial charge in [0.2, 0.25) is 0 Å². The van der Waals surface area contributed by atoms with Crippen molar-refractivity contribution in [2.45, 2.75) is 25.8 Å². The Hall–Kier alpha value is -1.42. The van der Waals surface area contributed by atoms with Gasteiger partial charge in [0.1, 0.15) is 5.82 Å². The maximum absolute atomic E-state index is 13.2. The summed E-state index contributed by atoms with van der Waals surface area (Å²) >= 11 is 0. The van der Waals surface area contributed by atoms with E-state index in [-0.39, 0.29) is 17.8 Å². The lowest BCUT2D eigenvalue weighted by atomic mass is 10.0. The zero-order chi connectivity index (χ0) is 12.4. The molecule has 1 saturated heterocycles. The molecule has 2 N–H and O–H groups in total. The molecule has 1 aliphatic heterocycles. The van der Waals surface area contributed by atoms with Gasteiger partial charge in [-0.3, -0.25) is 4.79 Å². The predicted molar refractivity (Wildman–Crippen MR) is 64.2 cm³/mol. The summed E-state index contributed by atoms with van der Waals surface area (Å²) in [5, 5.41) is 0. The van der Waals surface area contributed by atoms with Gasteiger partial charge in [0.05, 0.1) is 0 Å². The van der Waals surface area contributed by atoms with Crippen LogP contribution in [0.15, 0.2) is 18.2 Å². The average molecular weight is 236 g/mol. The Balaban J connectivity index is 2.21. The molecule has 0 radical (unpaired) electrons. The molecule has 1 fully saturated rings. The van der Waals surface area contributed by atoms with Crippen molar-refractivity contribution in [3.05, 3.63) is 35.1 Å². The molecule has 92 valence electrons. The van der Waals surface area contributed by atoms with Gasteiger partial charge in [-0.25, -0.2) is 4.39 Å². The molecule has 0 unspecified atom stereocenters. The number of carbonyl (C=O) groups excluding carboxylic acids is 1. The van der Waals surface area contributed by atoms with Crippen molar-refractivity contribution in [3.8, 4) is 0 Å². The summed E-state index contributed by atoms with van der Waals surface area (Å²) in [6, 6.07) is 4.35. The van der Waals surface area contributed by atoms with Gasteiger partial charge >= 0.3 is 0 Å². The standard InChI is InChI=1S/C13H17FN2O/c1-9-4-5-10(14)7-12(9)13(17)16-6-2-3-11(15)8-16/h4-5,7,11H,2-3,6,8,15H2,1H3/t11-/m0/s1. The van der Waals surface area contributed by atoms with Gasteiger partial charge in [-0.1, -0.05) is 6.07 Å². The van der Waals surface area contributed by atoms with Gasteiger partial charge in [-0.2, -0.15) is 0 Å². The van der Waals surface area contributed by atoms with Gasteiger partial charge in [0.25, 0.3) is 5.91 Å².